The molecule has 5 nitrogen and oxygen atoms in total. The molecule has 1 aromatic carbocycles. The highest BCUT2D eigenvalue weighted by Crippen LogP contribution is 2.39. The number of hydrogen-bond donors (Lipinski definition) is 2. The number of nitrogens with zero attached hydrogens (tertiary/aromatic N) is 3. The van der Waals surface area contributed by atoms with Crippen LogP contribution in [-0.4, -0.2) is 51.5 Å². The van der Waals surface area contributed by atoms with E-state index in [2.05, 4.69) is 20.4 Å². The lowest BCUT2D eigenvalue weighted by molar-refractivity contribution is 0.0596. The largest absolute Gasteiger partial charge is 0.390 e. The molecule has 1 aromatic heterocycles. The van der Waals surface area contributed by atoms with E-state index >= 15 is 0 Å². The summed E-state index contributed by atoms with van der Waals surface area (Å²) in [5.41, 5.74) is -0.789. The number of likely N-dealkylation sites (tertiary alicyclic amines) is 1. The van der Waals surface area contributed by atoms with Crippen LogP contribution in [0.1, 0.15) is 33.1 Å². The van der Waals surface area contributed by atoms with E-state index in [4.69, 9.17) is 0 Å². The highest BCUT2D eigenvalue weighted by Gasteiger charge is 2.41. The number of benzene rings is 1. The van der Waals surface area contributed by atoms with Gasteiger partial charge < -0.3 is 15.3 Å². The van der Waals surface area contributed by atoms with Gasteiger partial charge in [0.15, 0.2) is 11.6 Å². The maximum absolute atomic E-state index is 13.9. The summed E-state index contributed by atoms with van der Waals surface area (Å²) >= 11 is 0. The molecule has 0 radical (unpaired) electrons. The number of anilines is 1. The highest BCUT2D eigenvalue weighted by atomic mass is 19.2. The van der Waals surface area contributed by atoms with Crippen LogP contribution in [0.15, 0.2) is 24.3 Å². The molecule has 1 saturated heterocycles. The first kappa shape index (κ1) is 21.1. The Hall–Kier alpha value is -2.19. The molecule has 3 atom stereocenters. The van der Waals surface area contributed by atoms with Gasteiger partial charge in [0.2, 0.25) is 0 Å². The predicted molar refractivity (Wildman–Crippen MR) is 108 cm³/mol. The maximum atomic E-state index is 13.9. The van der Waals surface area contributed by atoms with Crippen molar-refractivity contribution in [2.45, 2.75) is 44.8 Å². The zero-order valence-corrected chi connectivity index (χ0v) is 17.2. The minimum absolute atomic E-state index is 0.0854. The first-order valence-electron chi connectivity index (χ1n) is 10.4. The Morgan fingerprint density at radius 1 is 1.10 bits per heavy atom. The summed E-state index contributed by atoms with van der Waals surface area (Å²) in [7, 11) is 0. The lowest BCUT2D eigenvalue weighted by Crippen LogP contribution is -2.31. The number of rotatable bonds is 6. The zero-order chi connectivity index (χ0) is 21.5. The second-order valence-corrected chi connectivity index (χ2v) is 9.21. The van der Waals surface area contributed by atoms with Crippen LogP contribution in [0.4, 0.5) is 19.0 Å². The molecule has 30 heavy (non-hydrogen) atoms. The highest BCUT2D eigenvalue weighted by molar-refractivity contribution is 5.60. The van der Waals surface area contributed by atoms with Crippen LogP contribution < -0.4 is 5.32 Å². The van der Waals surface area contributed by atoms with Gasteiger partial charge in [-0.3, -0.25) is 0 Å². The second-order valence-electron chi connectivity index (χ2n) is 9.21. The third kappa shape index (κ3) is 4.75. The van der Waals surface area contributed by atoms with Crippen LogP contribution in [-0.2, 0) is 0 Å². The summed E-state index contributed by atoms with van der Waals surface area (Å²) < 4.78 is 40.8. The van der Waals surface area contributed by atoms with Gasteiger partial charge in [0.1, 0.15) is 11.6 Å². The summed E-state index contributed by atoms with van der Waals surface area (Å²) in [5, 5.41) is 21.3. The van der Waals surface area contributed by atoms with Crippen LogP contribution in [0.2, 0.25) is 0 Å². The molecule has 0 unspecified atom stereocenters. The van der Waals surface area contributed by atoms with Crippen LogP contribution >= 0.6 is 0 Å². The Morgan fingerprint density at radius 3 is 2.40 bits per heavy atom. The Morgan fingerprint density at radius 2 is 1.80 bits per heavy atom. The van der Waals surface area contributed by atoms with Crippen LogP contribution in [0, 0.1) is 29.3 Å². The molecule has 2 aromatic rings. The lowest BCUT2D eigenvalue weighted by Gasteiger charge is -2.23. The fourth-order valence-corrected chi connectivity index (χ4v) is 4.63. The van der Waals surface area contributed by atoms with E-state index in [1.807, 2.05) is 13.8 Å². The molecule has 1 aliphatic carbocycles. The van der Waals surface area contributed by atoms with Crippen molar-refractivity contribution >= 4 is 5.82 Å². The number of halogens is 3. The van der Waals surface area contributed by atoms with Crippen molar-refractivity contribution in [2.24, 2.45) is 11.8 Å². The Balaban J connectivity index is 1.33. The van der Waals surface area contributed by atoms with Gasteiger partial charge in [-0.2, -0.15) is 0 Å². The standard InChI is InChI=1S/C22H27F3N4O/c1-22(2,30)5-6-29-11-13-7-16(8-14(13)12-29)26-20-4-3-19(27-28-20)17-9-15(23)10-18(24)21(17)25/h3-4,9-10,13-14,16,30H,5-8,11-12H2,1-2H3,(H,26,28)/t13-,14+,16+. The van der Waals surface area contributed by atoms with Gasteiger partial charge in [0.05, 0.1) is 11.3 Å². The van der Waals surface area contributed by atoms with E-state index in [0.29, 0.717) is 29.8 Å². The zero-order valence-electron chi connectivity index (χ0n) is 17.2. The van der Waals surface area contributed by atoms with Gasteiger partial charge in [-0.25, -0.2) is 13.2 Å². The van der Waals surface area contributed by atoms with Crippen LogP contribution in [0.3, 0.4) is 0 Å². The number of aromatic nitrogens is 2. The molecular formula is C22H27F3N4O. The molecule has 162 valence electrons. The molecule has 0 spiro atoms. The van der Waals surface area contributed by atoms with Gasteiger partial charge >= 0.3 is 0 Å². The molecular weight excluding hydrogens is 393 g/mol. The first-order valence-corrected chi connectivity index (χ1v) is 10.4. The number of aliphatic hydroxyl groups is 1. The Labute approximate surface area is 174 Å². The molecule has 2 N–H and O–H groups in total. The van der Waals surface area contributed by atoms with Crippen molar-refractivity contribution in [3.05, 3.63) is 41.7 Å². The molecule has 2 heterocycles. The fourth-order valence-electron chi connectivity index (χ4n) is 4.63. The molecule has 1 saturated carbocycles. The van der Waals surface area contributed by atoms with E-state index in [0.717, 1.165) is 45.0 Å². The van der Waals surface area contributed by atoms with Gasteiger partial charge in [0.25, 0.3) is 0 Å². The number of hydrogen-bond acceptors (Lipinski definition) is 5. The summed E-state index contributed by atoms with van der Waals surface area (Å²) in [4.78, 5) is 2.44. The predicted octanol–water partition coefficient (Wildman–Crippen LogP) is 3.84. The monoisotopic (exact) mass is 420 g/mol. The average molecular weight is 420 g/mol. The van der Waals surface area contributed by atoms with Crippen molar-refractivity contribution in [3.8, 4) is 11.3 Å². The second kappa shape index (κ2) is 8.15. The molecule has 2 aliphatic rings. The van der Waals surface area contributed by atoms with Gasteiger partial charge in [-0.15, -0.1) is 10.2 Å². The molecule has 0 bridgehead atoms. The quantitative estimate of drug-likeness (QED) is 0.696. The lowest BCUT2D eigenvalue weighted by atomic mass is 10.0. The van der Waals surface area contributed by atoms with Crippen molar-refractivity contribution < 1.29 is 18.3 Å². The maximum Gasteiger partial charge on any atom is 0.168 e. The van der Waals surface area contributed by atoms with Crippen molar-refractivity contribution in [3.63, 3.8) is 0 Å². The topological polar surface area (TPSA) is 61.3 Å². The smallest absolute Gasteiger partial charge is 0.168 e. The van der Waals surface area contributed by atoms with E-state index in [9.17, 15) is 18.3 Å². The third-order valence-corrected chi connectivity index (χ3v) is 6.15. The molecule has 0 amide bonds. The SMILES string of the molecule is CC(C)(O)CCN1C[C@H]2C[C@H](Nc3ccc(-c4cc(F)cc(F)c4F)nn3)C[C@H]2C1. The molecule has 8 heteroatoms. The first-order chi connectivity index (χ1) is 14.2. The molecule has 1 aliphatic heterocycles. The van der Waals surface area contributed by atoms with E-state index in [1.54, 1.807) is 6.07 Å². The minimum Gasteiger partial charge on any atom is -0.390 e. The van der Waals surface area contributed by atoms with Crippen molar-refractivity contribution in [1.82, 2.24) is 15.1 Å². The minimum atomic E-state index is -1.25. The van der Waals surface area contributed by atoms with Crippen molar-refractivity contribution in [1.29, 1.82) is 0 Å². The van der Waals surface area contributed by atoms with Gasteiger partial charge in [-0.1, -0.05) is 0 Å². The Bertz CT molecular complexity index is 886. The molecule has 2 fully saturated rings. The van der Waals surface area contributed by atoms with E-state index in [1.165, 1.54) is 6.07 Å². The summed E-state index contributed by atoms with van der Waals surface area (Å²) in [5.74, 6) is -1.42. The third-order valence-electron chi connectivity index (χ3n) is 6.15. The van der Waals surface area contributed by atoms with Gasteiger partial charge in [-0.05, 0) is 63.1 Å². The Kier molecular flexibility index (Phi) is 5.72. The molecule has 4 rings (SSSR count). The fraction of sp³-hybridized carbons (Fsp3) is 0.545. The van der Waals surface area contributed by atoms with Crippen LogP contribution in [0.5, 0.6) is 0 Å². The van der Waals surface area contributed by atoms with Crippen LogP contribution in [0.25, 0.3) is 11.3 Å². The van der Waals surface area contributed by atoms with Gasteiger partial charge in [0, 0.05) is 37.3 Å². The summed E-state index contributed by atoms with van der Waals surface area (Å²) in [6, 6.07) is 4.89. The average Bonchev–Trinajstić information content (AvgIpc) is 3.21. The summed E-state index contributed by atoms with van der Waals surface area (Å²) in [6.45, 7) is 6.70. The van der Waals surface area contributed by atoms with E-state index in [-0.39, 0.29) is 11.3 Å². The number of nitrogens with one attached hydrogen (secondary N) is 1. The number of fused-ring (bicyclic) bond motifs is 1. The summed E-state index contributed by atoms with van der Waals surface area (Å²) in [6.07, 6.45) is 2.85. The van der Waals surface area contributed by atoms with Crippen molar-refractivity contribution in [2.75, 3.05) is 25.0 Å². The van der Waals surface area contributed by atoms with E-state index < -0.39 is 23.1 Å². The normalized spacial score (nSPS) is 24.3.